The normalized spacial score (nSPS) is 11.4. The van der Waals surface area contributed by atoms with Crippen LogP contribution in [0.5, 0.6) is 0 Å². The first-order valence-electron chi connectivity index (χ1n) is 8.30. The molecule has 26 heavy (non-hydrogen) atoms. The standard InChI is InChI=1S/C15H12.C4H11O6P/c1-11-5-4-8-14-9-12-6-2-3-7-13(12)10-15(11)14;1-3-7-9-11(5,6)10-8-4-2/h2-10H,1H3;3-4H2,1-2H3,(H,5,6). The molecule has 6 nitrogen and oxygen atoms in total. The number of aryl methyl sites for hydroxylation is 1. The van der Waals surface area contributed by atoms with Gasteiger partial charge >= 0.3 is 7.82 Å². The quantitative estimate of drug-likeness (QED) is 0.271. The van der Waals surface area contributed by atoms with Crippen LogP contribution in [0.3, 0.4) is 0 Å². The number of hydrogen-bond donors (Lipinski definition) is 1. The maximum absolute atomic E-state index is 10.6. The SMILES string of the molecule is CCOOP(=O)(O)OOCC.Cc1cccc2cc3ccccc3cc12. The van der Waals surface area contributed by atoms with Gasteiger partial charge in [-0.15, -0.1) is 9.35 Å². The molecule has 140 valence electrons. The summed E-state index contributed by atoms with van der Waals surface area (Å²) in [6.07, 6.45) is 0. The lowest BCUT2D eigenvalue weighted by atomic mass is 10.0. The van der Waals surface area contributed by atoms with Gasteiger partial charge in [0.15, 0.2) is 0 Å². The predicted octanol–water partition coefficient (Wildman–Crippen LogP) is 5.32. The molecule has 1 N–H and O–H groups in total. The molecule has 3 aromatic carbocycles. The van der Waals surface area contributed by atoms with Crippen molar-refractivity contribution < 1.29 is 28.6 Å². The van der Waals surface area contributed by atoms with E-state index in [0.717, 1.165) is 0 Å². The van der Waals surface area contributed by atoms with Gasteiger partial charge < -0.3 is 0 Å². The molecule has 0 aliphatic carbocycles. The number of hydrogen-bond acceptors (Lipinski definition) is 5. The Hall–Kier alpha value is -1.79. The molecule has 0 bridgehead atoms. The van der Waals surface area contributed by atoms with Gasteiger partial charge in [0.25, 0.3) is 0 Å². The molecule has 0 atom stereocenters. The van der Waals surface area contributed by atoms with Crippen LogP contribution < -0.4 is 0 Å². The molecule has 0 unspecified atom stereocenters. The highest BCUT2D eigenvalue weighted by Crippen LogP contribution is 2.43. The number of fused-ring (bicyclic) bond motifs is 2. The van der Waals surface area contributed by atoms with Gasteiger partial charge in [-0.3, -0.25) is 4.89 Å². The Labute approximate surface area is 152 Å². The van der Waals surface area contributed by atoms with Crippen molar-refractivity contribution in [3.8, 4) is 0 Å². The molecule has 0 radical (unpaired) electrons. The topological polar surface area (TPSA) is 74.2 Å². The van der Waals surface area contributed by atoms with Crippen molar-refractivity contribution in [1.82, 2.24) is 0 Å². The van der Waals surface area contributed by atoms with Gasteiger partial charge in [0, 0.05) is 0 Å². The Morgan fingerprint density at radius 2 is 1.38 bits per heavy atom. The molecule has 0 aromatic heterocycles. The zero-order valence-electron chi connectivity index (χ0n) is 15.0. The maximum atomic E-state index is 10.6. The first kappa shape index (κ1) is 20.5. The highest BCUT2D eigenvalue weighted by molar-refractivity contribution is 7.47. The highest BCUT2D eigenvalue weighted by Gasteiger charge is 2.23. The van der Waals surface area contributed by atoms with E-state index in [4.69, 9.17) is 4.89 Å². The van der Waals surface area contributed by atoms with E-state index in [1.165, 1.54) is 27.1 Å². The van der Waals surface area contributed by atoms with Crippen molar-refractivity contribution in [3.05, 3.63) is 60.2 Å². The molecule has 0 spiro atoms. The first-order chi connectivity index (χ1) is 12.5. The Balaban J connectivity index is 0.000000199. The average molecular weight is 378 g/mol. The third kappa shape index (κ3) is 5.88. The lowest BCUT2D eigenvalue weighted by Gasteiger charge is -2.07. The van der Waals surface area contributed by atoms with Gasteiger partial charge in [0.05, 0.1) is 13.2 Å². The Morgan fingerprint density at radius 1 is 0.846 bits per heavy atom. The van der Waals surface area contributed by atoms with Crippen molar-refractivity contribution in [2.24, 2.45) is 0 Å². The minimum absolute atomic E-state index is 0.153. The molecular weight excluding hydrogens is 355 g/mol. The molecule has 0 saturated carbocycles. The Kier molecular flexibility index (Phi) is 7.72. The second-order valence-corrected chi connectivity index (χ2v) is 6.66. The smallest absolute Gasteiger partial charge is 0.299 e. The van der Waals surface area contributed by atoms with Crippen LogP contribution in [-0.4, -0.2) is 18.1 Å². The van der Waals surface area contributed by atoms with E-state index in [2.05, 4.69) is 80.6 Å². The van der Waals surface area contributed by atoms with Crippen molar-refractivity contribution in [2.75, 3.05) is 13.2 Å². The molecule has 0 aliphatic heterocycles. The zero-order chi connectivity index (χ0) is 19.0. The third-order valence-electron chi connectivity index (χ3n) is 3.49. The number of rotatable bonds is 6. The molecule has 0 aliphatic rings. The molecule has 0 fully saturated rings. The van der Waals surface area contributed by atoms with E-state index in [0.29, 0.717) is 0 Å². The van der Waals surface area contributed by atoms with Crippen LogP contribution in [0, 0.1) is 6.92 Å². The predicted molar refractivity (Wildman–Crippen MR) is 101 cm³/mol. The molecule has 0 heterocycles. The van der Waals surface area contributed by atoms with Crippen LogP contribution in [0.25, 0.3) is 21.5 Å². The first-order valence-corrected chi connectivity index (χ1v) is 9.79. The van der Waals surface area contributed by atoms with E-state index in [1.807, 2.05) is 0 Å². The van der Waals surface area contributed by atoms with Crippen LogP contribution in [0.1, 0.15) is 19.4 Å². The molecule has 7 heteroatoms. The summed E-state index contributed by atoms with van der Waals surface area (Å²) < 4.78 is 18.5. The zero-order valence-corrected chi connectivity index (χ0v) is 15.9. The minimum Gasteiger partial charge on any atom is -0.299 e. The van der Waals surface area contributed by atoms with Gasteiger partial charge in [-0.2, -0.15) is 0 Å². The van der Waals surface area contributed by atoms with E-state index >= 15 is 0 Å². The summed E-state index contributed by atoms with van der Waals surface area (Å²) in [4.78, 5) is 17.0. The molecule has 0 amide bonds. The lowest BCUT2D eigenvalue weighted by molar-refractivity contribution is -0.275. The summed E-state index contributed by atoms with van der Waals surface area (Å²) in [6.45, 7) is 5.67. The fourth-order valence-electron chi connectivity index (χ4n) is 2.37. The van der Waals surface area contributed by atoms with Crippen molar-refractivity contribution >= 4 is 29.4 Å². The van der Waals surface area contributed by atoms with Crippen molar-refractivity contribution in [3.63, 3.8) is 0 Å². The summed E-state index contributed by atoms with van der Waals surface area (Å²) in [5.74, 6) is 0. The molecule has 0 saturated heterocycles. The minimum atomic E-state index is -4.17. The summed E-state index contributed by atoms with van der Waals surface area (Å²) in [6, 6.07) is 19.5. The fraction of sp³-hybridized carbons (Fsp3) is 0.263. The molecule has 3 rings (SSSR count). The monoisotopic (exact) mass is 378 g/mol. The average Bonchev–Trinajstić information content (AvgIpc) is 2.64. The van der Waals surface area contributed by atoms with Crippen molar-refractivity contribution in [2.45, 2.75) is 20.8 Å². The maximum Gasteiger partial charge on any atom is 0.526 e. The summed E-state index contributed by atoms with van der Waals surface area (Å²) in [5.41, 5.74) is 1.35. The summed E-state index contributed by atoms with van der Waals surface area (Å²) in [5, 5.41) is 5.32. The van der Waals surface area contributed by atoms with Crippen molar-refractivity contribution in [1.29, 1.82) is 0 Å². The van der Waals surface area contributed by atoms with Crippen LogP contribution in [0.4, 0.5) is 0 Å². The molecule has 3 aromatic rings. The van der Waals surface area contributed by atoms with Crippen LogP contribution in [0.15, 0.2) is 54.6 Å². The highest BCUT2D eigenvalue weighted by atomic mass is 31.2. The Morgan fingerprint density at radius 3 is 1.96 bits per heavy atom. The van der Waals surface area contributed by atoms with Crippen LogP contribution >= 0.6 is 7.82 Å². The van der Waals surface area contributed by atoms with E-state index in [-0.39, 0.29) is 13.2 Å². The second kappa shape index (κ2) is 9.78. The van der Waals surface area contributed by atoms with Gasteiger partial charge in [0.1, 0.15) is 0 Å². The lowest BCUT2D eigenvalue weighted by Crippen LogP contribution is -1.97. The Bertz CT molecular complexity index is 883. The second-order valence-electron chi connectivity index (χ2n) is 5.43. The van der Waals surface area contributed by atoms with E-state index in [9.17, 15) is 4.57 Å². The summed E-state index contributed by atoms with van der Waals surface area (Å²) in [7, 11) is -4.17. The van der Waals surface area contributed by atoms with E-state index in [1.54, 1.807) is 13.8 Å². The molecular formula is C19H23O6P. The summed E-state index contributed by atoms with van der Waals surface area (Å²) >= 11 is 0. The van der Waals surface area contributed by atoms with Gasteiger partial charge in [-0.05, 0) is 60.0 Å². The van der Waals surface area contributed by atoms with Crippen LogP contribution in [-0.2, 0) is 23.7 Å². The number of benzene rings is 3. The third-order valence-corrected chi connectivity index (χ3v) is 4.08. The van der Waals surface area contributed by atoms with Crippen LogP contribution in [0.2, 0.25) is 0 Å². The number of phosphoric acid groups is 1. The van der Waals surface area contributed by atoms with Gasteiger partial charge in [-0.25, -0.2) is 14.3 Å². The largest absolute Gasteiger partial charge is 0.526 e. The van der Waals surface area contributed by atoms with E-state index < -0.39 is 7.82 Å². The fourth-order valence-corrected chi connectivity index (χ4v) is 2.88. The van der Waals surface area contributed by atoms with Gasteiger partial charge in [0.2, 0.25) is 0 Å². The van der Waals surface area contributed by atoms with Gasteiger partial charge in [-0.1, -0.05) is 42.5 Å².